The van der Waals surface area contributed by atoms with Gasteiger partial charge >= 0.3 is 0 Å². The van der Waals surface area contributed by atoms with Crippen LogP contribution >= 0.6 is 0 Å². The molecule has 3 nitrogen and oxygen atoms in total. The summed E-state index contributed by atoms with van der Waals surface area (Å²) >= 11 is 0. The quantitative estimate of drug-likeness (QED) is 0.720. The van der Waals surface area contributed by atoms with Crippen molar-refractivity contribution in [1.82, 2.24) is 0 Å². The molecule has 21 heavy (non-hydrogen) atoms. The van der Waals surface area contributed by atoms with E-state index in [2.05, 4.69) is 0 Å². The van der Waals surface area contributed by atoms with Crippen LogP contribution in [-0.4, -0.2) is 6.10 Å². The number of hydrogen-bond donors (Lipinski definition) is 0. The van der Waals surface area contributed by atoms with Gasteiger partial charge in [0.1, 0.15) is 5.58 Å². The van der Waals surface area contributed by atoms with Gasteiger partial charge in [0.05, 0.1) is 11.5 Å². The Kier molecular flexibility index (Phi) is 3.48. The number of ether oxygens (including phenoxy) is 1. The van der Waals surface area contributed by atoms with E-state index in [4.69, 9.17) is 9.15 Å². The molecule has 0 amide bonds. The minimum absolute atomic E-state index is 0.100. The van der Waals surface area contributed by atoms with Crippen LogP contribution in [0.1, 0.15) is 13.8 Å². The lowest BCUT2D eigenvalue weighted by atomic mass is 10.1. The van der Waals surface area contributed by atoms with Crippen molar-refractivity contribution in [2.45, 2.75) is 20.0 Å². The van der Waals surface area contributed by atoms with E-state index < -0.39 is 0 Å². The Bertz CT molecular complexity index is 817. The third kappa shape index (κ3) is 2.55. The molecule has 0 unspecified atom stereocenters. The SMILES string of the molecule is CC(C)Oc1c(-c2ccccc2)oc2ccccc2c1=O. The van der Waals surface area contributed by atoms with Crippen molar-refractivity contribution in [3.63, 3.8) is 0 Å². The van der Waals surface area contributed by atoms with Gasteiger partial charge in [-0.15, -0.1) is 0 Å². The lowest BCUT2D eigenvalue weighted by Crippen LogP contribution is -2.15. The van der Waals surface area contributed by atoms with Crippen LogP contribution in [0.3, 0.4) is 0 Å². The van der Waals surface area contributed by atoms with Crippen molar-refractivity contribution in [1.29, 1.82) is 0 Å². The molecule has 0 N–H and O–H groups in total. The van der Waals surface area contributed by atoms with Crippen LogP contribution in [0.15, 0.2) is 63.8 Å². The topological polar surface area (TPSA) is 39.4 Å². The van der Waals surface area contributed by atoms with Gasteiger partial charge in [-0.25, -0.2) is 0 Å². The van der Waals surface area contributed by atoms with Gasteiger partial charge in [-0.2, -0.15) is 0 Å². The van der Waals surface area contributed by atoms with Crippen molar-refractivity contribution in [2.75, 3.05) is 0 Å². The summed E-state index contributed by atoms with van der Waals surface area (Å²) in [4.78, 5) is 12.7. The predicted octanol–water partition coefficient (Wildman–Crippen LogP) is 4.25. The Labute approximate surface area is 122 Å². The molecule has 0 aliphatic carbocycles. The Morgan fingerprint density at radius 1 is 0.952 bits per heavy atom. The highest BCUT2D eigenvalue weighted by Gasteiger charge is 2.18. The summed E-state index contributed by atoms with van der Waals surface area (Å²) in [5, 5.41) is 0.535. The summed E-state index contributed by atoms with van der Waals surface area (Å²) in [5.41, 5.74) is 1.26. The van der Waals surface area contributed by atoms with E-state index in [1.807, 2.05) is 56.3 Å². The standard InChI is InChI=1S/C18H16O3/c1-12(2)20-18-16(19)14-10-6-7-11-15(14)21-17(18)13-8-4-3-5-9-13/h3-12H,1-2H3. The maximum absolute atomic E-state index is 12.7. The number of fused-ring (bicyclic) bond motifs is 1. The molecule has 3 heteroatoms. The molecule has 3 rings (SSSR count). The van der Waals surface area contributed by atoms with Crippen molar-refractivity contribution in [3.05, 3.63) is 64.8 Å². The molecule has 106 valence electrons. The summed E-state index contributed by atoms with van der Waals surface area (Å²) in [6.45, 7) is 3.78. The number of para-hydroxylation sites is 1. The summed E-state index contributed by atoms with van der Waals surface area (Å²) in [5.74, 6) is 0.753. The first-order chi connectivity index (χ1) is 10.2. The lowest BCUT2D eigenvalue weighted by molar-refractivity contribution is 0.236. The second-order valence-corrected chi connectivity index (χ2v) is 5.12. The maximum atomic E-state index is 12.7. The maximum Gasteiger partial charge on any atom is 0.235 e. The van der Waals surface area contributed by atoms with Crippen LogP contribution in [0, 0.1) is 0 Å². The Balaban J connectivity index is 2.33. The smallest absolute Gasteiger partial charge is 0.235 e. The van der Waals surface area contributed by atoms with E-state index in [-0.39, 0.29) is 17.3 Å². The fourth-order valence-electron chi connectivity index (χ4n) is 2.25. The Hall–Kier alpha value is -2.55. The van der Waals surface area contributed by atoms with Gasteiger partial charge in [0.2, 0.25) is 11.2 Å². The van der Waals surface area contributed by atoms with Gasteiger partial charge < -0.3 is 9.15 Å². The highest BCUT2D eigenvalue weighted by atomic mass is 16.5. The molecule has 0 saturated carbocycles. The minimum Gasteiger partial charge on any atom is -0.484 e. The fourth-order valence-corrected chi connectivity index (χ4v) is 2.25. The molecule has 0 bridgehead atoms. The summed E-state index contributed by atoms with van der Waals surface area (Å²) in [7, 11) is 0. The van der Waals surface area contributed by atoms with Gasteiger partial charge in [0, 0.05) is 5.56 Å². The van der Waals surface area contributed by atoms with Crippen molar-refractivity contribution < 1.29 is 9.15 Å². The molecule has 3 aromatic rings. The third-order valence-corrected chi connectivity index (χ3v) is 3.15. The predicted molar refractivity (Wildman–Crippen MR) is 83.7 cm³/mol. The molecule has 1 heterocycles. The largest absolute Gasteiger partial charge is 0.484 e. The van der Waals surface area contributed by atoms with E-state index in [0.29, 0.717) is 16.7 Å². The van der Waals surface area contributed by atoms with E-state index in [1.54, 1.807) is 12.1 Å². The van der Waals surface area contributed by atoms with Crippen LogP contribution in [0.5, 0.6) is 5.75 Å². The van der Waals surface area contributed by atoms with Crippen molar-refractivity contribution >= 4 is 11.0 Å². The number of benzene rings is 2. The molecule has 0 atom stereocenters. The minimum atomic E-state index is -0.135. The van der Waals surface area contributed by atoms with Crippen LogP contribution < -0.4 is 10.2 Å². The van der Waals surface area contributed by atoms with Crippen molar-refractivity contribution in [3.8, 4) is 17.1 Å². The van der Waals surface area contributed by atoms with Crippen LogP contribution in [0.4, 0.5) is 0 Å². The number of rotatable bonds is 3. The zero-order valence-electron chi connectivity index (χ0n) is 12.0. The lowest BCUT2D eigenvalue weighted by Gasteiger charge is -2.13. The molecule has 0 saturated heterocycles. The first-order valence-electron chi connectivity index (χ1n) is 6.94. The Morgan fingerprint density at radius 3 is 2.33 bits per heavy atom. The summed E-state index contributed by atoms with van der Waals surface area (Å²) in [6.07, 6.45) is -0.100. The zero-order chi connectivity index (χ0) is 14.8. The highest BCUT2D eigenvalue weighted by Crippen LogP contribution is 2.31. The molecule has 2 aromatic carbocycles. The molecular weight excluding hydrogens is 264 g/mol. The molecule has 1 aromatic heterocycles. The third-order valence-electron chi connectivity index (χ3n) is 3.15. The first-order valence-corrected chi connectivity index (χ1v) is 6.94. The van der Waals surface area contributed by atoms with Gasteiger partial charge in [0.25, 0.3) is 0 Å². The second-order valence-electron chi connectivity index (χ2n) is 5.12. The molecule has 0 fully saturated rings. The molecular formula is C18H16O3. The average molecular weight is 280 g/mol. The average Bonchev–Trinajstić information content (AvgIpc) is 2.50. The van der Waals surface area contributed by atoms with Gasteiger partial charge in [-0.05, 0) is 26.0 Å². The first kappa shape index (κ1) is 13.4. The molecule has 0 spiro atoms. The van der Waals surface area contributed by atoms with E-state index in [9.17, 15) is 4.79 Å². The normalized spacial score (nSPS) is 11.0. The highest BCUT2D eigenvalue weighted by molar-refractivity contribution is 5.81. The fraction of sp³-hybridized carbons (Fsp3) is 0.167. The molecule has 0 radical (unpaired) electrons. The number of hydrogen-bond acceptors (Lipinski definition) is 3. The van der Waals surface area contributed by atoms with Gasteiger partial charge in [-0.3, -0.25) is 4.79 Å². The van der Waals surface area contributed by atoms with Crippen LogP contribution in [0.2, 0.25) is 0 Å². The second kappa shape index (κ2) is 5.44. The van der Waals surface area contributed by atoms with E-state index in [0.717, 1.165) is 5.56 Å². The summed E-state index contributed by atoms with van der Waals surface area (Å²) in [6, 6.07) is 16.8. The summed E-state index contributed by atoms with van der Waals surface area (Å²) < 4.78 is 11.7. The van der Waals surface area contributed by atoms with Crippen LogP contribution in [0.25, 0.3) is 22.3 Å². The molecule has 0 aliphatic rings. The van der Waals surface area contributed by atoms with Gasteiger partial charge in [-0.1, -0.05) is 42.5 Å². The van der Waals surface area contributed by atoms with Crippen molar-refractivity contribution in [2.24, 2.45) is 0 Å². The van der Waals surface area contributed by atoms with E-state index >= 15 is 0 Å². The molecule has 0 aliphatic heterocycles. The van der Waals surface area contributed by atoms with E-state index in [1.165, 1.54) is 0 Å². The monoisotopic (exact) mass is 280 g/mol. The van der Waals surface area contributed by atoms with Gasteiger partial charge in [0.15, 0.2) is 5.76 Å². The Morgan fingerprint density at radius 2 is 1.62 bits per heavy atom. The zero-order valence-corrected chi connectivity index (χ0v) is 12.0. The van der Waals surface area contributed by atoms with Crippen LogP contribution in [-0.2, 0) is 0 Å².